The van der Waals surface area contributed by atoms with Crippen LogP contribution in [-0.4, -0.2) is 50.9 Å². The van der Waals surface area contributed by atoms with Gasteiger partial charge in [-0.25, -0.2) is 14.9 Å². The molecule has 1 amide bonds. The molecule has 1 fully saturated rings. The number of carbonyl (C=O) groups is 1. The number of pyridine rings is 1. The zero-order chi connectivity index (χ0) is 22.0. The number of amides is 1. The van der Waals surface area contributed by atoms with Gasteiger partial charge in [-0.3, -0.25) is 10.0 Å². The Hall–Kier alpha value is -2.77. The molecule has 3 heterocycles. The van der Waals surface area contributed by atoms with Gasteiger partial charge in [0.05, 0.1) is 0 Å². The molecule has 0 aliphatic carbocycles. The summed E-state index contributed by atoms with van der Waals surface area (Å²) in [6.45, 7) is 6.24. The topological polar surface area (TPSA) is 70.4 Å². The van der Waals surface area contributed by atoms with Gasteiger partial charge in [0.15, 0.2) is 0 Å². The van der Waals surface area contributed by atoms with Crippen molar-refractivity contribution in [3.8, 4) is 0 Å². The van der Waals surface area contributed by atoms with Gasteiger partial charge in [0.2, 0.25) is 0 Å². The summed E-state index contributed by atoms with van der Waals surface area (Å²) in [5, 5.41) is 9.92. The van der Waals surface area contributed by atoms with Crippen LogP contribution in [0.2, 0.25) is 0 Å². The third-order valence-electron chi connectivity index (χ3n) is 5.99. The summed E-state index contributed by atoms with van der Waals surface area (Å²) in [6, 6.07) is 11.4. The van der Waals surface area contributed by atoms with Crippen LogP contribution in [0.25, 0.3) is 11.0 Å². The van der Waals surface area contributed by atoms with Crippen LogP contribution in [0, 0.1) is 0 Å². The van der Waals surface area contributed by atoms with Crippen molar-refractivity contribution in [1.82, 2.24) is 19.9 Å². The lowest BCUT2D eigenvalue weighted by atomic mass is 9.88. The van der Waals surface area contributed by atoms with Crippen molar-refractivity contribution in [2.24, 2.45) is 0 Å². The van der Waals surface area contributed by atoms with Crippen molar-refractivity contribution >= 4 is 16.9 Å². The van der Waals surface area contributed by atoms with Crippen molar-refractivity contribution < 1.29 is 14.4 Å². The van der Waals surface area contributed by atoms with Crippen LogP contribution in [0.15, 0.2) is 48.8 Å². The monoisotopic (exact) mass is 424 g/mol. The van der Waals surface area contributed by atoms with Crippen molar-refractivity contribution in [1.29, 1.82) is 0 Å². The largest absolute Gasteiger partial charge is 0.328 e. The first-order valence-corrected chi connectivity index (χ1v) is 10.7. The molecule has 164 valence electrons. The van der Waals surface area contributed by atoms with Gasteiger partial charge in [0, 0.05) is 36.4 Å². The Balaban J connectivity index is 1.49. The molecule has 0 spiro atoms. The number of likely N-dealkylation sites (tertiary alicyclic amines) is 1. The molecule has 31 heavy (non-hydrogen) atoms. The van der Waals surface area contributed by atoms with Crippen LogP contribution in [0.1, 0.15) is 54.1 Å². The van der Waals surface area contributed by atoms with E-state index in [0.29, 0.717) is 24.6 Å². The number of aromatic nitrogens is 2. The van der Waals surface area contributed by atoms with Gasteiger partial charge in [0.25, 0.3) is 5.91 Å². The highest BCUT2D eigenvalue weighted by molar-refractivity contribution is 5.93. The van der Waals surface area contributed by atoms with Crippen molar-refractivity contribution in [2.45, 2.75) is 44.8 Å². The van der Waals surface area contributed by atoms with Crippen LogP contribution in [0.5, 0.6) is 0 Å². The van der Waals surface area contributed by atoms with E-state index in [1.807, 2.05) is 18.3 Å². The van der Waals surface area contributed by atoms with Gasteiger partial charge >= 0.3 is 0 Å². The number of rotatable bonds is 6. The summed E-state index contributed by atoms with van der Waals surface area (Å²) < 4.78 is 16.1. The van der Waals surface area contributed by atoms with E-state index in [0.717, 1.165) is 37.1 Å². The number of hydroxylamine groups is 1. The second-order valence-electron chi connectivity index (χ2n) is 8.99. The molecular weight excluding hydrogens is 395 g/mol. The fourth-order valence-corrected chi connectivity index (χ4v) is 4.55. The van der Waals surface area contributed by atoms with Gasteiger partial charge in [-0.1, -0.05) is 12.1 Å². The summed E-state index contributed by atoms with van der Waals surface area (Å²) in [5.74, 6) is -0.0676. The zero-order valence-electron chi connectivity index (χ0n) is 18.0. The number of piperidine rings is 1. The lowest BCUT2D eigenvalue weighted by Crippen LogP contribution is -2.40. The molecule has 1 aliphatic heterocycles. The molecule has 0 bridgehead atoms. The minimum Gasteiger partial charge on any atom is -0.328 e. The fraction of sp³-hybridized carbons (Fsp3) is 0.417. The molecule has 6 nitrogen and oxygen atoms in total. The molecule has 0 unspecified atom stereocenters. The molecule has 4 rings (SSSR count). The van der Waals surface area contributed by atoms with Gasteiger partial charge in [-0.05, 0) is 81.1 Å². The van der Waals surface area contributed by atoms with Crippen LogP contribution in [0.4, 0.5) is 4.39 Å². The Morgan fingerprint density at radius 1 is 1.19 bits per heavy atom. The van der Waals surface area contributed by atoms with Crippen molar-refractivity contribution in [2.75, 3.05) is 19.6 Å². The maximum atomic E-state index is 14.0. The Morgan fingerprint density at radius 3 is 2.55 bits per heavy atom. The smallest absolute Gasteiger partial charge is 0.274 e. The molecule has 3 aromatic rings. The van der Waals surface area contributed by atoms with Crippen molar-refractivity contribution in [3.63, 3.8) is 0 Å². The normalized spacial score (nSPS) is 16.0. The predicted molar refractivity (Wildman–Crippen MR) is 118 cm³/mol. The number of nitrogens with one attached hydrogen (secondary N) is 1. The number of alkyl halides is 1. The molecule has 0 saturated carbocycles. The maximum Gasteiger partial charge on any atom is 0.274 e. The lowest BCUT2D eigenvalue weighted by molar-refractivity contribution is 0.0706. The Morgan fingerprint density at radius 2 is 1.90 bits per heavy atom. The number of carbonyl (C=O) groups excluding carboxylic acids is 1. The van der Waals surface area contributed by atoms with E-state index in [1.165, 1.54) is 10.9 Å². The fourth-order valence-electron chi connectivity index (χ4n) is 4.55. The van der Waals surface area contributed by atoms with Gasteiger partial charge in [0.1, 0.15) is 11.3 Å². The van der Waals surface area contributed by atoms with E-state index in [-0.39, 0.29) is 0 Å². The van der Waals surface area contributed by atoms with E-state index in [9.17, 15) is 9.18 Å². The number of fused-ring (bicyclic) bond motifs is 1. The second-order valence-corrected chi connectivity index (χ2v) is 8.99. The van der Waals surface area contributed by atoms with Crippen LogP contribution >= 0.6 is 0 Å². The average molecular weight is 425 g/mol. The highest BCUT2D eigenvalue weighted by Crippen LogP contribution is 2.33. The zero-order valence-corrected chi connectivity index (χ0v) is 18.0. The Labute approximate surface area is 181 Å². The number of nitrogens with zero attached hydrogens (tertiary/aromatic N) is 3. The van der Waals surface area contributed by atoms with E-state index in [2.05, 4.69) is 32.8 Å². The first kappa shape index (κ1) is 21.5. The molecule has 1 aliphatic rings. The van der Waals surface area contributed by atoms with Crippen LogP contribution < -0.4 is 5.48 Å². The van der Waals surface area contributed by atoms with E-state index in [1.54, 1.807) is 31.5 Å². The molecular formula is C24H29FN4O2. The Kier molecular flexibility index (Phi) is 6.07. The number of halogens is 1. The molecule has 2 aromatic heterocycles. The van der Waals surface area contributed by atoms with Gasteiger partial charge < -0.3 is 9.47 Å². The molecule has 2 N–H and O–H groups in total. The molecule has 0 radical (unpaired) electrons. The van der Waals surface area contributed by atoms with Crippen molar-refractivity contribution in [3.05, 3.63) is 65.5 Å². The van der Waals surface area contributed by atoms with Gasteiger partial charge in [-0.2, -0.15) is 0 Å². The van der Waals surface area contributed by atoms with Crippen LogP contribution in [-0.2, 0) is 6.54 Å². The van der Waals surface area contributed by atoms with E-state index >= 15 is 0 Å². The summed E-state index contributed by atoms with van der Waals surface area (Å²) >= 11 is 0. The molecule has 1 aromatic carbocycles. The summed E-state index contributed by atoms with van der Waals surface area (Å²) in [7, 11) is 0. The number of benzene rings is 1. The SMILES string of the molecule is CC(C)(F)CN1CCC(c2ccnc3c2ccn3Cc2ccc(C(=O)NO)cc2)CC1. The quantitative estimate of drug-likeness (QED) is 0.461. The molecule has 1 saturated heterocycles. The highest BCUT2D eigenvalue weighted by Gasteiger charge is 2.27. The summed E-state index contributed by atoms with van der Waals surface area (Å²) in [6.07, 6.45) is 5.97. The third-order valence-corrected chi connectivity index (χ3v) is 5.99. The standard InChI is InChI=1S/C24H29FN4O2/c1-24(2,25)16-28-12-8-18(9-13-28)20-7-11-26-22-21(20)10-14-29(22)15-17-3-5-19(6-4-17)23(30)27-31/h3-7,10-11,14,18,31H,8-9,12-13,15-16H2,1-2H3,(H,27,30). The van der Waals surface area contributed by atoms with Crippen LogP contribution in [0.3, 0.4) is 0 Å². The number of hydrogen-bond donors (Lipinski definition) is 2. The third kappa shape index (κ3) is 4.94. The second kappa shape index (κ2) is 8.77. The lowest BCUT2D eigenvalue weighted by Gasteiger charge is -2.34. The molecule has 0 atom stereocenters. The summed E-state index contributed by atoms with van der Waals surface area (Å²) in [4.78, 5) is 18.3. The Bertz CT molecular complexity index is 1050. The maximum absolute atomic E-state index is 14.0. The summed E-state index contributed by atoms with van der Waals surface area (Å²) in [5.41, 5.74) is 4.20. The predicted octanol–water partition coefficient (Wildman–Crippen LogP) is 4.13. The van der Waals surface area contributed by atoms with Gasteiger partial charge in [-0.15, -0.1) is 0 Å². The van der Waals surface area contributed by atoms with E-state index in [4.69, 9.17) is 5.21 Å². The average Bonchev–Trinajstić information content (AvgIpc) is 3.16. The first-order valence-electron chi connectivity index (χ1n) is 10.7. The first-order chi connectivity index (χ1) is 14.8. The molecule has 7 heteroatoms. The minimum atomic E-state index is -1.16. The van der Waals surface area contributed by atoms with E-state index < -0.39 is 11.6 Å². The number of hydrogen-bond acceptors (Lipinski definition) is 4. The minimum absolute atomic E-state index is 0.409. The highest BCUT2D eigenvalue weighted by atomic mass is 19.1.